The minimum Gasteiger partial charge on any atom is -0.316 e. The SMILES string of the molecule is Cc1sc(CC2CCNC2)nc1-c1ccccc1Br. The summed E-state index contributed by atoms with van der Waals surface area (Å²) >= 11 is 5.46. The first-order valence-electron chi connectivity index (χ1n) is 6.66. The van der Waals surface area contributed by atoms with Crippen LogP contribution in [0.15, 0.2) is 28.7 Å². The summed E-state index contributed by atoms with van der Waals surface area (Å²) in [5.41, 5.74) is 2.34. The van der Waals surface area contributed by atoms with Gasteiger partial charge in [0, 0.05) is 21.3 Å². The van der Waals surface area contributed by atoms with E-state index in [-0.39, 0.29) is 0 Å². The molecule has 3 rings (SSSR count). The number of aryl methyl sites for hydroxylation is 1. The fourth-order valence-corrected chi connectivity index (χ4v) is 4.11. The second-order valence-corrected chi connectivity index (χ2v) is 7.20. The Kier molecular flexibility index (Phi) is 4.01. The minimum absolute atomic E-state index is 0.762. The molecule has 2 heterocycles. The van der Waals surface area contributed by atoms with Crippen molar-refractivity contribution in [2.45, 2.75) is 19.8 Å². The van der Waals surface area contributed by atoms with Crippen molar-refractivity contribution in [1.82, 2.24) is 10.3 Å². The van der Waals surface area contributed by atoms with E-state index in [0.29, 0.717) is 0 Å². The number of rotatable bonds is 3. The molecule has 0 saturated carbocycles. The molecule has 1 fully saturated rings. The van der Waals surface area contributed by atoms with Gasteiger partial charge in [-0.25, -0.2) is 4.98 Å². The molecule has 19 heavy (non-hydrogen) atoms. The summed E-state index contributed by atoms with van der Waals surface area (Å²) in [4.78, 5) is 6.18. The third-order valence-electron chi connectivity index (χ3n) is 3.60. The fourth-order valence-electron chi connectivity index (χ4n) is 2.58. The van der Waals surface area contributed by atoms with Gasteiger partial charge in [-0.3, -0.25) is 0 Å². The lowest BCUT2D eigenvalue weighted by Crippen LogP contribution is -2.10. The van der Waals surface area contributed by atoms with Gasteiger partial charge in [0.2, 0.25) is 0 Å². The van der Waals surface area contributed by atoms with Gasteiger partial charge in [-0.2, -0.15) is 0 Å². The third-order valence-corrected chi connectivity index (χ3v) is 5.28. The van der Waals surface area contributed by atoms with Crippen LogP contribution in [0.25, 0.3) is 11.3 Å². The van der Waals surface area contributed by atoms with Crippen LogP contribution in [0.5, 0.6) is 0 Å². The summed E-state index contributed by atoms with van der Waals surface area (Å²) in [6, 6.07) is 8.32. The van der Waals surface area contributed by atoms with Gasteiger partial charge < -0.3 is 5.32 Å². The second-order valence-electron chi connectivity index (χ2n) is 5.06. The molecule has 1 aromatic heterocycles. The van der Waals surface area contributed by atoms with E-state index >= 15 is 0 Å². The summed E-state index contributed by atoms with van der Waals surface area (Å²) in [5, 5.41) is 4.70. The van der Waals surface area contributed by atoms with Crippen molar-refractivity contribution in [3.05, 3.63) is 38.6 Å². The van der Waals surface area contributed by atoms with E-state index in [0.717, 1.165) is 35.6 Å². The van der Waals surface area contributed by atoms with Gasteiger partial charge in [-0.1, -0.05) is 34.1 Å². The first-order valence-corrected chi connectivity index (χ1v) is 8.27. The zero-order chi connectivity index (χ0) is 13.2. The molecule has 1 unspecified atom stereocenters. The number of nitrogens with one attached hydrogen (secondary N) is 1. The van der Waals surface area contributed by atoms with Crippen molar-refractivity contribution in [2.24, 2.45) is 5.92 Å². The maximum Gasteiger partial charge on any atom is 0.0938 e. The van der Waals surface area contributed by atoms with Crippen LogP contribution in [-0.4, -0.2) is 18.1 Å². The molecule has 1 saturated heterocycles. The highest BCUT2D eigenvalue weighted by Gasteiger charge is 2.18. The quantitative estimate of drug-likeness (QED) is 0.915. The van der Waals surface area contributed by atoms with Gasteiger partial charge >= 0.3 is 0 Å². The van der Waals surface area contributed by atoms with Crippen LogP contribution in [0.3, 0.4) is 0 Å². The summed E-state index contributed by atoms with van der Waals surface area (Å²) in [6.07, 6.45) is 2.39. The van der Waals surface area contributed by atoms with Crippen molar-refractivity contribution in [2.75, 3.05) is 13.1 Å². The van der Waals surface area contributed by atoms with Crippen molar-refractivity contribution in [1.29, 1.82) is 0 Å². The lowest BCUT2D eigenvalue weighted by molar-refractivity contribution is 0.578. The average molecular weight is 337 g/mol. The monoisotopic (exact) mass is 336 g/mol. The Morgan fingerprint density at radius 1 is 1.42 bits per heavy atom. The molecule has 0 radical (unpaired) electrons. The Balaban J connectivity index is 1.87. The highest BCUT2D eigenvalue weighted by atomic mass is 79.9. The predicted octanol–water partition coefficient (Wildman–Crippen LogP) is 4.03. The Morgan fingerprint density at radius 3 is 3.00 bits per heavy atom. The third kappa shape index (κ3) is 2.91. The highest BCUT2D eigenvalue weighted by Crippen LogP contribution is 2.33. The molecule has 0 spiro atoms. The molecule has 4 heteroatoms. The van der Waals surface area contributed by atoms with Crippen LogP contribution >= 0.6 is 27.3 Å². The van der Waals surface area contributed by atoms with Gasteiger partial charge in [-0.05, 0) is 38.4 Å². The maximum absolute atomic E-state index is 4.87. The molecular formula is C15H17BrN2S. The average Bonchev–Trinajstić information content (AvgIpc) is 3.01. The molecule has 0 bridgehead atoms. The second kappa shape index (κ2) is 5.73. The Labute approximate surface area is 126 Å². The molecule has 0 aliphatic carbocycles. The van der Waals surface area contributed by atoms with Crippen molar-refractivity contribution >= 4 is 27.3 Å². The van der Waals surface area contributed by atoms with Gasteiger partial charge in [0.25, 0.3) is 0 Å². The number of nitrogens with zero attached hydrogens (tertiary/aromatic N) is 1. The normalized spacial score (nSPS) is 18.9. The number of halogens is 1. The molecule has 1 aromatic carbocycles. The van der Waals surface area contributed by atoms with Crippen molar-refractivity contribution in [3.8, 4) is 11.3 Å². The molecule has 1 aliphatic heterocycles. The van der Waals surface area contributed by atoms with E-state index in [1.807, 2.05) is 17.4 Å². The first-order chi connectivity index (χ1) is 9.24. The maximum atomic E-state index is 4.87. The fraction of sp³-hybridized carbons (Fsp3) is 0.400. The number of hydrogen-bond acceptors (Lipinski definition) is 3. The van der Waals surface area contributed by atoms with Gasteiger partial charge in [0.15, 0.2) is 0 Å². The van der Waals surface area contributed by atoms with E-state index in [2.05, 4.69) is 46.4 Å². The number of hydrogen-bond donors (Lipinski definition) is 1. The lowest BCUT2D eigenvalue weighted by Gasteiger charge is -2.04. The number of aromatic nitrogens is 1. The van der Waals surface area contributed by atoms with E-state index in [1.54, 1.807) is 0 Å². The van der Waals surface area contributed by atoms with Gasteiger partial charge in [-0.15, -0.1) is 11.3 Å². The molecule has 2 nitrogen and oxygen atoms in total. The molecular weight excluding hydrogens is 320 g/mol. The number of benzene rings is 1. The van der Waals surface area contributed by atoms with E-state index in [4.69, 9.17) is 4.98 Å². The molecule has 0 amide bonds. The Bertz CT molecular complexity index is 573. The largest absolute Gasteiger partial charge is 0.316 e. The van der Waals surface area contributed by atoms with Gasteiger partial charge in [0.1, 0.15) is 0 Å². The van der Waals surface area contributed by atoms with Crippen LogP contribution in [0.2, 0.25) is 0 Å². The zero-order valence-corrected chi connectivity index (χ0v) is 13.4. The summed E-state index contributed by atoms with van der Waals surface area (Å²) < 4.78 is 1.12. The molecule has 1 atom stereocenters. The summed E-state index contributed by atoms with van der Waals surface area (Å²) in [5.74, 6) is 0.762. The highest BCUT2D eigenvalue weighted by molar-refractivity contribution is 9.10. The predicted molar refractivity (Wildman–Crippen MR) is 84.7 cm³/mol. The Morgan fingerprint density at radius 2 is 2.26 bits per heavy atom. The van der Waals surface area contributed by atoms with Crippen LogP contribution < -0.4 is 5.32 Å². The summed E-state index contributed by atoms with van der Waals surface area (Å²) in [6.45, 7) is 4.47. The molecule has 100 valence electrons. The smallest absolute Gasteiger partial charge is 0.0938 e. The van der Waals surface area contributed by atoms with Gasteiger partial charge in [0.05, 0.1) is 10.7 Å². The van der Waals surface area contributed by atoms with Crippen LogP contribution in [0.1, 0.15) is 16.3 Å². The van der Waals surface area contributed by atoms with E-state index in [9.17, 15) is 0 Å². The first kappa shape index (κ1) is 13.3. The van der Waals surface area contributed by atoms with E-state index in [1.165, 1.54) is 21.9 Å². The topological polar surface area (TPSA) is 24.9 Å². The molecule has 2 aromatic rings. The van der Waals surface area contributed by atoms with Crippen molar-refractivity contribution in [3.63, 3.8) is 0 Å². The zero-order valence-electron chi connectivity index (χ0n) is 10.9. The van der Waals surface area contributed by atoms with Crippen LogP contribution in [0, 0.1) is 12.8 Å². The Hall–Kier alpha value is -0.710. The lowest BCUT2D eigenvalue weighted by atomic mass is 10.1. The van der Waals surface area contributed by atoms with Crippen molar-refractivity contribution < 1.29 is 0 Å². The van der Waals surface area contributed by atoms with Crippen LogP contribution in [0.4, 0.5) is 0 Å². The molecule has 1 N–H and O–H groups in total. The number of thiazole rings is 1. The van der Waals surface area contributed by atoms with Crippen LogP contribution in [-0.2, 0) is 6.42 Å². The standard InChI is InChI=1S/C15H17BrN2S/c1-10-15(12-4-2-3-5-13(12)16)18-14(19-10)8-11-6-7-17-9-11/h2-5,11,17H,6-9H2,1H3. The summed E-state index contributed by atoms with van der Waals surface area (Å²) in [7, 11) is 0. The van der Waals surface area contributed by atoms with E-state index < -0.39 is 0 Å². The molecule has 1 aliphatic rings. The minimum atomic E-state index is 0.762.